The lowest BCUT2D eigenvalue weighted by atomic mass is 9.76. The fourth-order valence-corrected chi connectivity index (χ4v) is 3.23. The molecule has 0 bridgehead atoms. The van der Waals surface area contributed by atoms with Gasteiger partial charge in [0.05, 0.1) is 0 Å². The highest BCUT2D eigenvalue weighted by atomic mass is 16.2. The third-order valence-corrected chi connectivity index (χ3v) is 4.20. The average Bonchev–Trinajstić information content (AvgIpc) is 2.92. The average molecular weight is 331 g/mol. The summed E-state index contributed by atoms with van der Waals surface area (Å²) >= 11 is 0. The lowest BCUT2D eigenvalue weighted by Crippen LogP contribution is -2.42. The Balaban J connectivity index is 2.89. The number of carbonyl (C=O) groups excluding carboxylic acids is 1. The van der Waals surface area contributed by atoms with E-state index < -0.39 is 5.54 Å². The summed E-state index contributed by atoms with van der Waals surface area (Å²) < 4.78 is 0. The molecule has 1 N–H and O–H groups in total. The smallest absolute Gasteiger partial charge is 0.252 e. The monoisotopic (exact) mass is 331 g/mol. The van der Waals surface area contributed by atoms with Gasteiger partial charge in [0, 0.05) is 5.56 Å². The molecule has 1 unspecified atom stereocenters. The van der Waals surface area contributed by atoms with E-state index in [1.165, 1.54) is 0 Å². The van der Waals surface area contributed by atoms with Gasteiger partial charge < -0.3 is 5.32 Å². The number of nitrogens with one attached hydrogen (secondary N) is 1. The van der Waals surface area contributed by atoms with Crippen LogP contribution in [0, 0.1) is 0 Å². The van der Waals surface area contributed by atoms with Crippen LogP contribution >= 0.6 is 0 Å². The standard InChI is InChI=1S/C23H25NO/c1-5-9-15-19(14-8-4)23(18(12-6-2)13-7-3)21-17-11-10-16-20(21)22(25)24-23/h5-17H,2H2,1,3-4H3,(H,24,25)/b9-5-,13-7-,14-8-,18-12+,19-15+. The summed E-state index contributed by atoms with van der Waals surface area (Å²) in [6.45, 7) is 9.78. The van der Waals surface area contributed by atoms with Gasteiger partial charge in [-0.2, -0.15) is 0 Å². The van der Waals surface area contributed by atoms with Crippen molar-refractivity contribution in [3.05, 3.63) is 108 Å². The second-order valence-corrected chi connectivity index (χ2v) is 5.76. The molecule has 1 atom stereocenters. The first-order valence-electron chi connectivity index (χ1n) is 8.49. The lowest BCUT2D eigenvalue weighted by Gasteiger charge is -2.33. The summed E-state index contributed by atoms with van der Waals surface area (Å²) in [5.41, 5.74) is 2.90. The van der Waals surface area contributed by atoms with Gasteiger partial charge in [-0.3, -0.25) is 4.79 Å². The zero-order valence-electron chi connectivity index (χ0n) is 15.1. The van der Waals surface area contributed by atoms with Crippen LogP contribution in [0.25, 0.3) is 0 Å². The van der Waals surface area contributed by atoms with Crippen molar-refractivity contribution in [2.24, 2.45) is 0 Å². The molecule has 1 amide bonds. The Hall–Kier alpha value is -2.87. The quantitative estimate of drug-likeness (QED) is 0.695. The van der Waals surface area contributed by atoms with E-state index in [0.717, 1.165) is 16.7 Å². The van der Waals surface area contributed by atoms with E-state index in [-0.39, 0.29) is 5.91 Å². The Morgan fingerprint density at radius 2 is 1.64 bits per heavy atom. The van der Waals surface area contributed by atoms with Crippen LogP contribution in [-0.4, -0.2) is 5.91 Å². The third-order valence-electron chi connectivity index (χ3n) is 4.20. The molecule has 2 rings (SSSR count). The van der Waals surface area contributed by atoms with E-state index in [2.05, 4.69) is 11.9 Å². The molecular weight excluding hydrogens is 306 g/mol. The summed E-state index contributed by atoms with van der Waals surface area (Å²) in [5, 5.41) is 3.24. The van der Waals surface area contributed by atoms with Crippen molar-refractivity contribution in [1.29, 1.82) is 0 Å². The molecule has 1 aliphatic heterocycles. The van der Waals surface area contributed by atoms with E-state index in [0.29, 0.717) is 5.56 Å². The van der Waals surface area contributed by atoms with Crippen LogP contribution in [0.3, 0.4) is 0 Å². The van der Waals surface area contributed by atoms with Gasteiger partial charge in [0.25, 0.3) is 5.91 Å². The molecule has 0 saturated carbocycles. The second kappa shape index (κ2) is 8.29. The van der Waals surface area contributed by atoms with Gasteiger partial charge in [-0.15, -0.1) is 0 Å². The normalized spacial score (nSPS) is 21.3. The van der Waals surface area contributed by atoms with Crippen LogP contribution in [0.4, 0.5) is 0 Å². The summed E-state index contributed by atoms with van der Waals surface area (Å²) in [6.07, 6.45) is 17.8. The van der Waals surface area contributed by atoms with Gasteiger partial charge in [0.1, 0.15) is 5.54 Å². The Morgan fingerprint density at radius 3 is 2.24 bits per heavy atom. The molecule has 0 radical (unpaired) electrons. The molecule has 0 spiro atoms. The van der Waals surface area contributed by atoms with Crippen LogP contribution in [-0.2, 0) is 5.54 Å². The largest absolute Gasteiger partial charge is 0.334 e. The fraction of sp³-hybridized carbons (Fsp3) is 0.174. The van der Waals surface area contributed by atoms with Crippen molar-refractivity contribution in [1.82, 2.24) is 5.32 Å². The number of carbonyl (C=O) groups is 1. The minimum absolute atomic E-state index is 0.0639. The van der Waals surface area contributed by atoms with Crippen LogP contribution in [0.5, 0.6) is 0 Å². The van der Waals surface area contributed by atoms with Crippen molar-refractivity contribution < 1.29 is 4.79 Å². The Morgan fingerprint density at radius 1 is 1.00 bits per heavy atom. The molecule has 1 aromatic carbocycles. The van der Waals surface area contributed by atoms with E-state index in [4.69, 9.17) is 0 Å². The van der Waals surface area contributed by atoms with Gasteiger partial charge >= 0.3 is 0 Å². The second-order valence-electron chi connectivity index (χ2n) is 5.76. The molecule has 1 heterocycles. The lowest BCUT2D eigenvalue weighted by molar-refractivity contribution is 0.0948. The summed E-state index contributed by atoms with van der Waals surface area (Å²) in [6, 6.07) is 7.75. The number of benzene rings is 1. The van der Waals surface area contributed by atoms with E-state index >= 15 is 0 Å². The first-order chi connectivity index (χ1) is 12.1. The summed E-state index contributed by atoms with van der Waals surface area (Å²) in [7, 11) is 0. The van der Waals surface area contributed by atoms with Crippen molar-refractivity contribution in [3.63, 3.8) is 0 Å². The molecule has 0 saturated heterocycles. The molecule has 1 aromatic rings. The van der Waals surface area contributed by atoms with E-state index in [1.54, 1.807) is 6.08 Å². The third kappa shape index (κ3) is 3.34. The predicted molar refractivity (Wildman–Crippen MR) is 106 cm³/mol. The number of rotatable bonds is 6. The highest BCUT2D eigenvalue weighted by Crippen LogP contribution is 2.44. The van der Waals surface area contributed by atoms with Crippen LogP contribution < -0.4 is 5.32 Å². The maximum absolute atomic E-state index is 12.7. The van der Waals surface area contributed by atoms with Crippen molar-refractivity contribution in [2.45, 2.75) is 26.3 Å². The van der Waals surface area contributed by atoms with Gasteiger partial charge in [-0.25, -0.2) is 0 Å². The van der Waals surface area contributed by atoms with E-state index in [1.807, 2.05) is 93.6 Å². The van der Waals surface area contributed by atoms with Crippen LogP contribution in [0.1, 0.15) is 36.7 Å². The van der Waals surface area contributed by atoms with Gasteiger partial charge in [-0.1, -0.05) is 79.5 Å². The predicted octanol–water partition coefficient (Wildman–Crippen LogP) is 5.39. The Labute approximate surface area is 150 Å². The number of allylic oxidation sites excluding steroid dienone is 7. The highest BCUT2D eigenvalue weighted by Gasteiger charge is 2.46. The molecular formula is C23H25NO. The van der Waals surface area contributed by atoms with Gasteiger partial charge in [0.2, 0.25) is 0 Å². The minimum Gasteiger partial charge on any atom is -0.334 e. The maximum atomic E-state index is 12.7. The van der Waals surface area contributed by atoms with Gasteiger partial charge in [-0.05, 0) is 43.5 Å². The Kier molecular flexibility index (Phi) is 6.13. The number of hydrogen-bond donors (Lipinski definition) is 1. The fourth-order valence-electron chi connectivity index (χ4n) is 3.23. The Bertz CT molecular complexity index is 805. The van der Waals surface area contributed by atoms with Crippen LogP contribution in [0.15, 0.2) is 96.7 Å². The highest BCUT2D eigenvalue weighted by molar-refractivity contribution is 6.02. The van der Waals surface area contributed by atoms with Crippen molar-refractivity contribution >= 4 is 5.91 Å². The van der Waals surface area contributed by atoms with Gasteiger partial charge in [0.15, 0.2) is 0 Å². The summed E-state index contributed by atoms with van der Waals surface area (Å²) in [4.78, 5) is 12.7. The molecule has 0 aliphatic carbocycles. The molecule has 0 fully saturated rings. The van der Waals surface area contributed by atoms with Crippen molar-refractivity contribution in [3.8, 4) is 0 Å². The number of fused-ring (bicyclic) bond motifs is 1. The van der Waals surface area contributed by atoms with Crippen molar-refractivity contribution in [2.75, 3.05) is 0 Å². The first-order valence-corrected chi connectivity index (χ1v) is 8.49. The zero-order valence-corrected chi connectivity index (χ0v) is 15.1. The maximum Gasteiger partial charge on any atom is 0.252 e. The molecule has 0 aromatic heterocycles. The topological polar surface area (TPSA) is 29.1 Å². The number of amides is 1. The molecule has 2 nitrogen and oxygen atoms in total. The molecule has 2 heteroatoms. The molecule has 25 heavy (non-hydrogen) atoms. The molecule has 128 valence electrons. The van der Waals surface area contributed by atoms with Crippen LogP contribution in [0.2, 0.25) is 0 Å². The SMILES string of the molecule is C=C/C=C(\C=C/C)C1(C(/C=C\C)=C/C=C\C)NC(=O)c2ccccc21. The molecule has 1 aliphatic rings. The van der Waals surface area contributed by atoms with E-state index in [9.17, 15) is 4.79 Å². The minimum atomic E-state index is -0.736. The number of hydrogen-bond acceptors (Lipinski definition) is 1. The summed E-state index contributed by atoms with van der Waals surface area (Å²) in [5.74, 6) is -0.0639. The zero-order chi connectivity index (χ0) is 18.3. The first kappa shape index (κ1) is 18.5.